The maximum atomic E-state index is 11.7. The zero-order valence-corrected chi connectivity index (χ0v) is 20.6. The van der Waals surface area contributed by atoms with Gasteiger partial charge in [0.2, 0.25) is 5.91 Å². The molecule has 0 saturated carbocycles. The lowest BCUT2D eigenvalue weighted by Gasteiger charge is -2.39. The van der Waals surface area contributed by atoms with Crippen molar-refractivity contribution in [3.05, 3.63) is 60.2 Å². The number of para-hydroxylation sites is 1. The fraction of sp³-hybridized carbons (Fsp3) is 0.536. The Morgan fingerprint density at radius 1 is 0.886 bits per heavy atom. The molecule has 3 saturated heterocycles. The molecule has 0 radical (unpaired) electrons. The Labute approximate surface area is 208 Å². The van der Waals surface area contributed by atoms with Crippen molar-refractivity contribution >= 4 is 11.6 Å². The molecule has 2 aromatic carbocycles. The second-order valence-electron chi connectivity index (χ2n) is 10.3. The first-order valence-corrected chi connectivity index (χ1v) is 13.0. The number of aliphatic hydroxyl groups is 1. The van der Waals surface area contributed by atoms with Crippen molar-refractivity contribution in [1.82, 2.24) is 14.7 Å². The van der Waals surface area contributed by atoms with Gasteiger partial charge in [-0.3, -0.25) is 14.6 Å². The third-order valence-electron chi connectivity index (χ3n) is 7.55. The highest BCUT2D eigenvalue weighted by Gasteiger charge is 2.38. The first-order chi connectivity index (χ1) is 17.1. The van der Waals surface area contributed by atoms with E-state index >= 15 is 0 Å². The van der Waals surface area contributed by atoms with Crippen molar-refractivity contribution < 1.29 is 14.6 Å². The predicted molar refractivity (Wildman–Crippen MR) is 138 cm³/mol. The largest absolute Gasteiger partial charge is 0.492 e. The van der Waals surface area contributed by atoms with E-state index < -0.39 is 5.60 Å². The van der Waals surface area contributed by atoms with Crippen molar-refractivity contribution in [3.8, 4) is 5.75 Å². The summed E-state index contributed by atoms with van der Waals surface area (Å²) in [6, 6.07) is 18.8. The minimum Gasteiger partial charge on any atom is -0.492 e. The van der Waals surface area contributed by atoms with Gasteiger partial charge in [0.05, 0.1) is 12.1 Å². The highest BCUT2D eigenvalue weighted by Crippen LogP contribution is 2.26. The van der Waals surface area contributed by atoms with Gasteiger partial charge >= 0.3 is 0 Å². The highest BCUT2D eigenvalue weighted by molar-refractivity contribution is 5.78. The van der Waals surface area contributed by atoms with E-state index in [4.69, 9.17) is 4.74 Å². The zero-order chi connectivity index (χ0) is 24.1. The monoisotopic (exact) mass is 478 g/mol. The van der Waals surface area contributed by atoms with Crippen LogP contribution in [0, 0.1) is 0 Å². The van der Waals surface area contributed by atoms with Gasteiger partial charge in [0.15, 0.2) is 0 Å². The van der Waals surface area contributed by atoms with Crippen LogP contribution in [0.25, 0.3) is 0 Å². The number of β-amino-alcohol motifs (C(OH)–C–C–N with tert-alkyl or cyclic N) is 1. The van der Waals surface area contributed by atoms with Crippen LogP contribution in [0.1, 0.15) is 24.8 Å². The number of anilines is 1. The minimum atomic E-state index is -0.634. The number of rotatable bonds is 9. The normalized spacial score (nSPS) is 23.9. The molecule has 0 aliphatic carbocycles. The van der Waals surface area contributed by atoms with Crippen LogP contribution in [0.15, 0.2) is 54.6 Å². The van der Waals surface area contributed by atoms with Crippen LogP contribution in [0.2, 0.25) is 0 Å². The maximum Gasteiger partial charge on any atom is 0.222 e. The average molecular weight is 479 g/mol. The minimum absolute atomic E-state index is 0.240. The lowest BCUT2D eigenvalue weighted by molar-refractivity contribution is -0.128. The molecule has 1 atom stereocenters. The van der Waals surface area contributed by atoms with Crippen LogP contribution in [0.3, 0.4) is 0 Å². The van der Waals surface area contributed by atoms with Gasteiger partial charge in [-0.2, -0.15) is 0 Å². The summed E-state index contributed by atoms with van der Waals surface area (Å²) in [5.74, 6) is 1.08. The van der Waals surface area contributed by atoms with Crippen LogP contribution in [0.4, 0.5) is 5.69 Å². The predicted octanol–water partition coefficient (Wildman–Crippen LogP) is 2.45. The van der Waals surface area contributed by atoms with E-state index in [9.17, 15) is 9.90 Å². The van der Waals surface area contributed by atoms with Gasteiger partial charge in [0.1, 0.15) is 12.4 Å². The average Bonchev–Trinajstić information content (AvgIpc) is 3.46. The number of likely N-dealkylation sites (tertiary alicyclic amines) is 2. The number of carbonyl (C=O) groups excluding carboxylic acids is 1. The molecule has 1 N–H and O–H groups in total. The molecular formula is C28H38N4O3. The third kappa shape index (κ3) is 6.34. The van der Waals surface area contributed by atoms with Gasteiger partial charge in [0, 0.05) is 71.0 Å². The summed E-state index contributed by atoms with van der Waals surface area (Å²) in [6.07, 6.45) is 2.46. The van der Waals surface area contributed by atoms with E-state index in [0.29, 0.717) is 26.1 Å². The number of hydrogen-bond acceptors (Lipinski definition) is 6. The van der Waals surface area contributed by atoms with Gasteiger partial charge in [-0.15, -0.1) is 0 Å². The van der Waals surface area contributed by atoms with Crippen molar-refractivity contribution in [2.45, 2.75) is 31.4 Å². The highest BCUT2D eigenvalue weighted by atomic mass is 16.5. The lowest BCUT2D eigenvalue weighted by Crippen LogP contribution is -2.52. The molecule has 0 spiro atoms. The van der Waals surface area contributed by atoms with Crippen molar-refractivity contribution in [2.75, 3.05) is 70.4 Å². The second kappa shape index (κ2) is 11.0. The molecule has 0 unspecified atom stereocenters. The van der Waals surface area contributed by atoms with Crippen molar-refractivity contribution in [2.24, 2.45) is 0 Å². The Morgan fingerprint density at radius 3 is 2.37 bits per heavy atom. The SMILES string of the molecule is O=C1CCCN1CCOc1ccc(CN2CC[C@](O)(CN3CCN(c4ccccc4)CC3)C2)cc1. The van der Waals surface area contributed by atoms with E-state index in [1.165, 1.54) is 11.3 Å². The summed E-state index contributed by atoms with van der Waals surface area (Å²) in [4.78, 5) is 20.8. The molecule has 5 rings (SSSR count). The van der Waals surface area contributed by atoms with E-state index in [-0.39, 0.29) is 5.91 Å². The number of hydrogen-bond donors (Lipinski definition) is 1. The van der Waals surface area contributed by atoms with Crippen molar-refractivity contribution in [3.63, 3.8) is 0 Å². The summed E-state index contributed by atoms with van der Waals surface area (Å²) in [5, 5.41) is 11.3. The first-order valence-electron chi connectivity index (χ1n) is 13.0. The van der Waals surface area contributed by atoms with E-state index in [1.807, 2.05) is 17.0 Å². The Kier molecular flexibility index (Phi) is 7.56. The van der Waals surface area contributed by atoms with Gasteiger partial charge in [-0.1, -0.05) is 30.3 Å². The number of amides is 1. The zero-order valence-electron chi connectivity index (χ0n) is 20.6. The van der Waals surface area contributed by atoms with Crippen LogP contribution >= 0.6 is 0 Å². The quantitative estimate of drug-likeness (QED) is 0.598. The van der Waals surface area contributed by atoms with E-state index in [2.05, 4.69) is 57.2 Å². The Bertz CT molecular complexity index is 962. The summed E-state index contributed by atoms with van der Waals surface area (Å²) in [6.45, 7) is 9.27. The summed E-state index contributed by atoms with van der Waals surface area (Å²) >= 11 is 0. The summed E-state index contributed by atoms with van der Waals surface area (Å²) < 4.78 is 5.84. The molecule has 3 aliphatic rings. The number of carbonyl (C=O) groups is 1. The number of piperazine rings is 1. The number of ether oxygens (including phenoxy) is 1. The third-order valence-corrected chi connectivity index (χ3v) is 7.55. The van der Waals surface area contributed by atoms with Crippen LogP contribution in [-0.2, 0) is 11.3 Å². The Hall–Kier alpha value is -2.61. The molecule has 7 heteroatoms. The van der Waals surface area contributed by atoms with Crippen LogP contribution < -0.4 is 9.64 Å². The topological polar surface area (TPSA) is 59.5 Å². The van der Waals surface area contributed by atoms with E-state index in [0.717, 1.165) is 70.9 Å². The summed E-state index contributed by atoms with van der Waals surface area (Å²) in [7, 11) is 0. The molecule has 3 heterocycles. The fourth-order valence-corrected chi connectivity index (χ4v) is 5.59. The molecular weight excluding hydrogens is 440 g/mol. The smallest absolute Gasteiger partial charge is 0.222 e. The fourth-order valence-electron chi connectivity index (χ4n) is 5.59. The Morgan fingerprint density at radius 2 is 1.66 bits per heavy atom. The van der Waals surface area contributed by atoms with Gasteiger partial charge in [-0.05, 0) is 42.7 Å². The number of nitrogens with zero attached hydrogens (tertiary/aromatic N) is 4. The maximum absolute atomic E-state index is 11.7. The summed E-state index contributed by atoms with van der Waals surface area (Å²) in [5.41, 5.74) is 1.88. The standard InChI is InChI=1S/C28H38N4O3/c33-27-7-4-13-32(27)19-20-35-26-10-8-24(9-11-26)21-30-14-12-28(34,23-30)22-29-15-17-31(18-16-29)25-5-2-1-3-6-25/h1-3,5-6,8-11,34H,4,7,12-23H2/t28-/m0/s1. The molecule has 3 fully saturated rings. The van der Waals surface area contributed by atoms with Crippen LogP contribution in [0.5, 0.6) is 5.75 Å². The molecule has 35 heavy (non-hydrogen) atoms. The van der Waals surface area contributed by atoms with Gasteiger partial charge in [-0.25, -0.2) is 0 Å². The molecule has 3 aliphatic heterocycles. The number of benzene rings is 2. The van der Waals surface area contributed by atoms with Crippen molar-refractivity contribution in [1.29, 1.82) is 0 Å². The molecule has 7 nitrogen and oxygen atoms in total. The molecule has 2 aromatic rings. The van der Waals surface area contributed by atoms with Crippen LogP contribution in [-0.4, -0.2) is 96.8 Å². The van der Waals surface area contributed by atoms with Gasteiger partial charge in [0.25, 0.3) is 0 Å². The lowest BCUT2D eigenvalue weighted by atomic mass is 10.0. The Balaban J connectivity index is 1.04. The molecule has 0 aromatic heterocycles. The van der Waals surface area contributed by atoms with E-state index in [1.54, 1.807) is 0 Å². The van der Waals surface area contributed by atoms with Gasteiger partial charge < -0.3 is 19.6 Å². The second-order valence-corrected chi connectivity index (χ2v) is 10.3. The molecule has 1 amide bonds. The molecule has 188 valence electrons. The molecule has 0 bridgehead atoms. The first kappa shape index (κ1) is 24.1.